The van der Waals surface area contributed by atoms with Gasteiger partial charge in [0.1, 0.15) is 23.1 Å². The molecule has 0 saturated carbocycles. The zero-order chi connectivity index (χ0) is 23.0. The van der Waals surface area contributed by atoms with Gasteiger partial charge in [0, 0.05) is 30.4 Å². The smallest absolute Gasteiger partial charge is 0.137 e. The molecule has 1 atom stereocenters. The molecule has 1 aromatic carbocycles. The number of nitrogens with zero attached hydrogens (tertiary/aromatic N) is 3. The molecule has 6 nitrogen and oxygen atoms in total. The fraction of sp³-hybridized carbons (Fsp3) is 0.333. The van der Waals surface area contributed by atoms with Crippen LogP contribution in [0.3, 0.4) is 0 Å². The molecule has 1 unspecified atom stereocenters. The van der Waals surface area contributed by atoms with Crippen molar-refractivity contribution in [1.82, 2.24) is 25.3 Å². The molecule has 32 heavy (non-hydrogen) atoms. The summed E-state index contributed by atoms with van der Waals surface area (Å²) in [6.45, 7) is 5.50. The van der Waals surface area contributed by atoms with E-state index < -0.39 is 11.6 Å². The van der Waals surface area contributed by atoms with Gasteiger partial charge in [0.15, 0.2) is 0 Å². The van der Waals surface area contributed by atoms with Crippen molar-refractivity contribution in [3.8, 4) is 11.3 Å². The van der Waals surface area contributed by atoms with Crippen molar-refractivity contribution >= 4 is 17.4 Å². The Bertz CT molecular complexity index is 1210. The first-order valence-corrected chi connectivity index (χ1v) is 10.5. The molecule has 2 N–H and O–H groups in total. The van der Waals surface area contributed by atoms with Gasteiger partial charge in [-0.2, -0.15) is 10.2 Å². The SMILES string of the molecule is C=Cc1[nH]nc(-c2cnn(C)c2)c1/C(OC)=C(\C)c1c(F)cc2c(c1F)CC(NC)CC2. The van der Waals surface area contributed by atoms with Gasteiger partial charge in [0.2, 0.25) is 0 Å². The summed E-state index contributed by atoms with van der Waals surface area (Å²) in [5.41, 5.74) is 4.05. The summed E-state index contributed by atoms with van der Waals surface area (Å²) in [7, 11) is 5.15. The van der Waals surface area contributed by atoms with Gasteiger partial charge < -0.3 is 10.1 Å². The molecule has 0 saturated heterocycles. The molecule has 0 fully saturated rings. The van der Waals surface area contributed by atoms with Crippen LogP contribution >= 0.6 is 0 Å². The van der Waals surface area contributed by atoms with E-state index in [0.717, 1.165) is 17.5 Å². The van der Waals surface area contributed by atoms with E-state index in [0.29, 0.717) is 46.7 Å². The van der Waals surface area contributed by atoms with Gasteiger partial charge in [-0.15, -0.1) is 0 Å². The molecule has 8 heteroatoms. The highest BCUT2D eigenvalue weighted by Gasteiger charge is 2.28. The van der Waals surface area contributed by atoms with Crippen molar-refractivity contribution in [1.29, 1.82) is 0 Å². The molecule has 3 aromatic rings. The Morgan fingerprint density at radius 1 is 1.38 bits per heavy atom. The number of aromatic amines is 1. The number of rotatable bonds is 6. The van der Waals surface area contributed by atoms with Crippen LogP contribution in [0.25, 0.3) is 28.7 Å². The molecule has 0 amide bonds. The highest BCUT2D eigenvalue weighted by atomic mass is 19.1. The van der Waals surface area contributed by atoms with Gasteiger partial charge >= 0.3 is 0 Å². The molecule has 0 radical (unpaired) electrons. The van der Waals surface area contributed by atoms with E-state index in [2.05, 4.69) is 27.2 Å². The first-order valence-electron chi connectivity index (χ1n) is 10.5. The second-order valence-electron chi connectivity index (χ2n) is 8.04. The summed E-state index contributed by atoms with van der Waals surface area (Å²) in [5.74, 6) is -0.799. The van der Waals surface area contributed by atoms with Crippen molar-refractivity contribution in [3.63, 3.8) is 0 Å². The number of fused-ring (bicyclic) bond motifs is 1. The number of aryl methyl sites for hydroxylation is 2. The third-order valence-electron chi connectivity index (χ3n) is 6.16. The lowest BCUT2D eigenvalue weighted by Gasteiger charge is -2.26. The van der Waals surface area contributed by atoms with Gasteiger partial charge in [0.25, 0.3) is 0 Å². The Morgan fingerprint density at radius 2 is 2.16 bits per heavy atom. The van der Waals surface area contributed by atoms with Crippen LogP contribution in [0.1, 0.15) is 41.3 Å². The van der Waals surface area contributed by atoms with Crippen LogP contribution in [-0.2, 0) is 24.6 Å². The number of H-pyrrole nitrogens is 1. The molecule has 1 aliphatic rings. The molecule has 2 aromatic heterocycles. The third-order valence-corrected chi connectivity index (χ3v) is 6.16. The fourth-order valence-electron chi connectivity index (χ4n) is 4.46. The first-order chi connectivity index (χ1) is 15.4. The summed E-state index contributed by atoms with van der Waals surface area (Å²) >= 11 is 0. The normalized spacial score (nSPS) is 16.5. The van der Waals surface area contributed by atoms with Gasteiger partial charge in [-0.1, -0.05) is 6.58 Å². The van der Waals surface area contributed by atoms with Crippen LogP contribution < -0.4 is 5.32 Å². The molecule has 0 bridgehead atoms. The summed E-state index contributed by atoms with van der Waals surface area (Å²) in [4.78, 5) is 0. The first kappa shape index (κ1) is 22.0. The predicted octanol–water partition coefficient (Wildman–Crippen LogP) is 4.34. The zero-order valence-electron chi connectivity index (χ0n) is 18.7. The molecule has 2 heterocycles. The fourth-order valence-corrected chi connectivity index (χ4v) is 4.46. The zero-order valence-corrected chi connectivity index (χ0v) is 18.7. The molecule has 1 aliphatic carbocycles. The molecular formula is C24H27F2N5O. The van der Waals surface area contributed by atoms with Crippen molar-refractivity contribution in [2.75, 3.05) is 14.2 Å². The monoisotopic (exact) mass is 439 g/mol. The van der Waals surface area contributed by atoms with E-state index in [1.54, 1.807) is 30.9 Å². The van der Waals surface area contributed by atoms with Crippen LogP contribution in [-0.4, -0.2) is 40.2 Å². The third kappa shape index (κ3) is 3.64. The number of allylic oxidation sites excluding steroid dienone is 1. The number of halogens is 2. The van der Waals surface area contributed by atoms with E-state index in [9.17, 15) is 0 Å². The lowest BCUT2D eigenvalue weighted by molar-refractivity contribution is 0.371. The van der Waals surface area contributed by atoms with E-state index in [1.165, 1.54) is 13.2 Å². The number of benzene rings is 1. The number of aromatic nitrogens is 4. The van der Waals surface area contributed by atoms with Crippen LogP contribution in [0.2, 0.25) is 0 Å². The summed E-state index contributed by atoms with van der Waals surface area (Å²) in [6.07, 6.45) is 7.10. The average Bonchev–Trinajstić information content (AvgIpc) is 3.40. The number of ether oxygens (including phenoxy) is 1. The number of hydrogen-bond donors (Lipinski definition) is 2. The molecule has 168 valence electrons. The number of likely N-dealkylation sites (N-methyl/N-ethyl adjacent to an activating group) is 1. The van der Waals surface area contributed by atoms with Gasteiger partial charge in [0.05, 0.1) is 30.1 Å². The van der Waals surface area contributed by atoms with Crippen LogP contribution in [0.5, 0.6) is 0 Å². The maximum atomic E-state index is 15.7. The maximum Gasteiger partial charge on any atom is 0.137 e. The topological polar surface area (TPSA) is 67.8 Å². The van der Waals surface area contributed by atoms with Crippen molar-refractivity contribution in [2.24, 2.45) is 7.05 Å². The number of nitrogens with one attached hydrogen (secondary N) is 2. The lowest BCUT2D eigenvalue weighted by Crippen LogP contribution is -2.32. The minimum Gasteiger partial charge on any atom is -0.496 e. The summed E-state index contributed by atoms with van der Waals surface area (Å²) in [5, 5.41) is 14.7. The molecule has 0 aliphatic heterocycles. The standard InChI is InChI=1S/C24H27F2N5O/c1-6-19-21(23(30-29-19)15-11-28-31(4)12-15)24(32-5)13(2)20-18(25)9-14-7-8-16(27-3)10-17(14)22(20)26/h6,9,11-12,16,27H,1,7-8,10H2,2-5H3,(H,29,30)/b24-13-. The highest BCUT2D eigenvalue weighted by molar-refractivity contribution is 5.93. The van der Waals surface area contributed by atoms with Gasteiger partial charge in [-0.25, -0.2) is 8.78 Å². The van der Waals surface area contributed by atoms with Crippen molar-refractivity contribution in [2.45, 2.75) is 32.2 Å². The van der Waals surface area contributed by atoms with Crippen LogP contribution in [0, 0.1) is 11.6 Å². The second-order valence-corrected chi connectivity index (χ2v) is 8.04. The van der Waals surface area contributed by atoms with Gasteiger partial charge in [-0.3, -0.25) is 9.78 Å². The predicted molar refractivity (Wildman–Crippen MR) is 122 cm³/mol. The summed E-state index contributed by atoms with van der Waals surface area (Å²) in [6, 6.07) is 1.63. The van der Waals surface area contributed by atoms with E-state index in [1.807, 2.05) is 13.2 Å². The van der Waals surface area contributed by atoms with E-state index in [4.69, 9.17) is 4.74 Å². The van der Waals surface area contributed by atoms with Crippen LogP contribution in [0.15, 0.2) is 25.0 Å². The Kier molecular flexibility index (Phi) is 5.97. The Balaban J connectivity index is 1.92. The number of hydrogen-bond acceptors (Lipinski definition) is 4. The summed E-state index contributed by atoms with van der Waals surface area (Å²) < 4.78 is 38.3. The number of methoxy groups -OCH3 is 1. The molecular weight excluding hydrogens is 412 g/mol. The van der Waals surface area contributed by atoms with E-state index >= 15 is 8.78 Å². The largest absolute Gasteiger partial charge is 0.496 e. The second kappa shape index (κ2) is 8.70. The van der Waals surface area contributed by atoms with Gasteiger partial charge in [-0.05, 0) is 56.5 Å². The van der Waals surface area contributed by atoms with Crippen molar-refractivity contribution in [3.05, 3.63) is 64.6 Å². The Hall–Kier alpha value is -3.26. The minimum atomic E-state index is -0.595. The molecule has 0 spiro atoms. The Morgan fingerprint density at radius 3 is 2.78 bits per heavy atom. The lowest BCUT2D eigenvalue weighted by atomic mass is 9.85. The molecule has 4 rings (SSSR count). The maximum absolute atomic E-state index is 15.7. The quantitative estimate of drug-likeness (QED) is 0.561. The van der Waals surface area contributed by atoms with Crippen molar-refractivity contribution < 1.29 is 13.5 Å². The van der Waals surface area contributed by atoms with E-state index in [-0.39, 0.29) is 11.6 Å². The highest BCUT2D eigenvalue weighted by Crippen LogP contribution is 2.38. The average molecular weight is 440 g/mol. The van der Waals surface area contributed by atoms with Crippen LogP contribution in [0.4, 0.5) is 8.78 Å². The Labute approximate surface area is 186 Å². The minimum absolute atomic E-state index is 0.0781.